The summed E-state index contributed by atoms with van der Waals surface area (Å²) in [5.74, 6) is 3.00. The summed E-state index contributed by atoms with van der Waals surface area (Å²) in [6.07, 6.45) is 4.36. The van der Waals surface area contributed by atoms with Crippen molar-refractivity contribution in [2.24, 2.45) is 10.9 Å². The highest BCUT2D eigenvalue weighted by molar-refractivity contribution is 5.79. The molecule has 7 heteroatoms. The minimum absolute atomic E-state index is 0.489. The second-order valence-corrected chi connectivity index (χ2v) is 7.49. The van der Waals surface area contributed by atoms with Gasteiger partial charge in [0, 0.05) is 45.1 Å². The van der Waals surface area contributed by atoms with Crippen molar-refractivity contribution in [2.75, 3.05) is 34.0 Å². The molecule has 0 radical (unpaired) electrons. The molecule has 1 aliphatic rings. The largest absolute Gasteiger partial charge is 0.493 e. The van der Waals surface area contributed by atoms with Crippen molar-refractivity contribution in [1.82, 2.24) is 15.6 Å². The highest BCUT2D eigenvalue weighted by atomic mass is 16.5. The van der Waals surface area contributed by atoms with Gasteiger partial charge in [-0.3, -0.25) is 4.99 Å². The minimum Gasteiger partial charge on any atom is -0.493 e. The second-order valence-electron chi connectivity index (χ2n) is 7.49. The van der Waals surface area contributed by atoms with Crippen LogP contribution in [0.15, 0.2) is 41.5 Å². The highest BCUT2D eigenvalue weighted by Crippen LogP contribution is 2.30. The van der Waals surface area contributed by atoms with Crippen LogP contribution in [-0.4, -0.2) is 44.9 Å². The van der Waals surface area contributed by atoms with Crippen LogP contribution in [0, 0.1) is 12.8 Å². The van der Waals surface area contributed by atoms with E-state index in [1.165, 1.54) is 18.4 Å². The van der Waals surface area contributed by atoms with Crippen molar-refractivity contribution in [3.05, 3.63) is 53.2 Å². The predicted molar refractivity (Wildman–Crippen MR) is 118 cm³/mol. The molecule has 2 aromatic rings. The number of methoxy groups -OCH3 is 1. The molecule has 7 nitrogen and oxygen atoms in total. The van der Waals surface area contributed by atoms with Gasteiger partial charge in [0.2, 0.25) is 5.88 Å². The van der Waals surface area contributed by atoms with Gasteiger partial charge in [-0.25, -0.2) is 4.98 Å². The number of aryl methyl sites for hydroxylation is 1. The standard InChI is InChI=1S/C23H32N4O3/c1-17-4-8-20(21(12-17)30-16-18-5-6-18)15-27-23(24-2)26-14-19-7-9-22(25-13-19)29-11-10-28-3/h4,7-9,12-13,18H,5-6,10-11,14-16H2,1-3H3,(H2,24,26,27). The van der Waals surface area contributed by atoms with E-state index in [1.807, 2.05) is 12.1 Å². The van der Waals surface area contributed by atoms with Crippen molar-refractivity contribution in [3.63, 3.8) is 0 Å². The molecule has 1 aliphatic carbocycles. The van der Waals surface area contributed by atoms with Crippen LogP contribution in [0.5, 0.6) is 11.6 Å². The quantitative estimate of drug-likeness (QED) is 0.336. The fraction of sp³-hybridized carbons (Fsp3) is 0.478. The molecule has 162 valence electrons. The van der Waals surface area contributed by atoms with E-state index < -0.39 is 0 Å². The Morgan fingerprint density at radius 2 is 1.93 bits per heavy atom. The molecule has 1 saturated carbocycles. The normalized spacial score (nSPS) is 13.8. The third kappa shape index (κ3) is 7.22. The molecule has 0 unspecified atom stereocenters. The van der Waals surface area contributed by atoms with E-state index in [4.69, 9.17) is 14.2 Å². The summed E-state index contributed by atoms with van der Waals surface area (Å²) in [6, 6.07) is 10.2. The average molecular weight is 413 g/mol. The van der Waals surface area contributed by atoms with E-state index >= 15 is 0 Å². The summed E-state index contributed by atoms with van der Waals surface area (Å²) >= 11 is 0. The number of aromatic nitrogens is 1. The molecule has 1 aromatic carbocycles. The van der Waals surface area contributed by atoms with Crippen LogP contribution in [0.3, 0.4) is 0 Å². The predicted octanol–water partition coefficient (Wildman–Crippen LogP) is 3.07. The number of nitrogens with one attached hydrogen (secondary N) is 2. The van der Waals surface area contributed by atoms with Gasteiger partial charge < -0.3 is 24.8 Å². The fourth-order valence-corrected chi connectivity index (χ4v) is 2.85. The van der Waals surface area contributed by atoms with Crippen LogP contribution >= 0.6 is 0 Å². The van der Waals surface area contributed by atoms with E-state index in [-0.39, 0.29) is 0 Å². The molecule has 1 aromatic heterocycles. The van der Waals surface area contributed by atoms with Crippen molar-refractivity contribution >= 4 is 5.96 Å². The summed E-state index contributed by atoms with van der Waals surface area (Å²) < 4.78 is 16.5. The van der Waals surface area contributed by atoms with Crippen molar-refractivity contribution in [1.29, 1.82) is 0 Å². The molecule has 0 atom stereocenters. The van der Waals surface area contributed by atoms with Crippen molar-refractivity contribution in [2.45, 2.75) is 32.9 Å². The Morgan fingerprint density at radius 1 is 1.10 bits per heavy atom. The van der Waals surface area contributed by atoms with Gasteiger partial charge in [-0.1, -0.05) is 18.2 Å². The zero-order valence-electron chi connectivity index (χ0n) is 18.1. The molecule has 0 amide bonds. The lowest BCUT2D eigenvalue weighted by Crippen LogP contribution is -2.36. The topological polar surface area (TPSA) is 77.0 Å². The fourth-order valence-electron chi connectivity index (χ4n) is 2.85. The lowest BCUT2D eigenvalue weighted by atomic mass is 10.1. The van der Waals surface area contributed by atoms with Crippen molar-refractivity contribution < 1.29 is 14.2 Å². The maximum absolute atomic E-state index is 6.06. The highest BCUT2D eigenvalue weighted by Gasteiger charge is 2.22. The molecule has 1 heterocycles. The monoisotopic (exact) mass is 412 g/mol. The Hall–Kier alpha value is -2.80. The maximum Gasteiger partial charge on any atom is 0.213 e. The van der Waals surface area contributed by atoms with Gasteiger partial charge in [-0.15, -0.1) is 0 Å². The van der Waals surface area contributed by atoms with Crippen molar-refractivity contribution in [3.8, 4) is 11.6 Å². The molecule has 30 heavy (non-hydrogen) atoms. The Kier molecular flexibility index (Phi) is 8.32. The van der Waals surface area contributed by atoms with Crippen LogP contribution in [-0.2, 0) is 17.8 Å². The van der Waals surface area contributed by atoms with E-state index in [0.29, 0.717) is 32.2 Å². The summed E-state index contributed by atoms with van der Waals surface area (Å²) in [4.78, 5) is 8.62. The summed E-state index contributed by atoms with van der Waals surface area (Å²) in [5.41, 5.74) is 3.37. The van der Waals surface area contributed by atoms with Gasteiger partial charge in [0.25, 0.3) is 0 Å². The number of aliphatic imine (C=N–C) groups is 1. The summed E-state index contributed by atoms with van der Waals surface area (Å²) in [7, 11) is 3.41. The smallest absolute Gasteiger partial charge is 0.213 e. The third-order valence-electron chi connectivity index (χ3n) is 4.86. The van der Waals surface area contributed by atoms with Gasteiger partial charge in [0.05, 0.1) is 13.2 Å². The molecular formula is C23H32N4O3. The van der Waals surface area contributed by atoms with E-state index in [2.05, 4.69) is 45.7 Å². The summed E-state index contributed by atoms with van der Waals surface area (Å²) in [5, 5.41) is 6.68. The number of guanidine groups is 1. The van der Waals surface area contributed by atoms with Crippen LogP contribution in [0.2, 0.25) is 0 Å². The minimum atomic E-state index is 0.489. The molecule has 0 bridgehead atoms. The van der Waals surface area contributed by atoms with Gasteiger partial charge in [-0.05, 0) is 42.9 Å². The SMILES string of the molecule is CN=C(NCc1ccc(OCCOC)nc1)NCc1ccc(C)cc1OCC1CC1. The third-order valence-corrected chi connectivity index (χ3v) is 4.86. The Bertz CT molecular complexity index is 820. The molecule has 0 saturated heterocycles. The zero-order chi connectivity index (χ0) is 21.2. The first kappa shape index (κ1) is 21.9. The van der Waals surface area contributed by atoms with Gasteiger partial charge in [0.15, 0.2) is 5.96 Å². The molecule has 3 rings (SSSR count). The number of benzene rings is 1. The second kappa shape index (κ2) is 11.4. The number of rotatable bonds is 11. The maximum atomic E-state index is 6.06. The zero-order valence-corrected chi connectivity index (χ0v) is 18.1. The molecular weight excluding hydrogens is 380 g/mol. The number of nitrogens with zero attached hydrogens (tertiary/aromatic N) is 2. The Labute approximate surface area is 178 Å². The Balaban J connectivity index is 1.48. The number of pyridine rings is 1. The van der Waals surface area contributed by atoms with Crippen LogP contribution in [0.25, 0.3) is 0 Å². The average Bonchev–Trinajstić information content (AvgIpc) is 3.59. The molecule has 0 aliphatic heterocycles. The molecule has 2 N–H and O–H groups in total. The number of ether oxygens (including phenoxy) is 3. The van der Waals surface area contributed by atoms with Gasteiger partial charge in [-0.2, -0.15) is 0 Å². The number of hydrogen-bond acceptors (Lipinski definition) is 5. The van der Waals surface area contributed by atoms with Crippen LogP contribution in [0.4, 0.5) is 0 Å². The first-order chi connectivity index (χ1) is 14.7. The molecule has 1 fully saturated rings. The Morgan fingerprint density at radius 3 is 2.63 bits per heavy atom. The lowest BCUT2D eigenvalue weighted by Gasteiger charge is -2.15. The van der Waals surface area contributed by atoms with Gasteiger partial charge in [0.1, 0.15) is 12.4 Å². The first-order valence-corrected chi connectivity index (χ1v) is 10.4. The van der Waals surface area contributed by atoms with E-state index in [0.717, 1.165) is 35.4 Å². The number of hydrogen-bond donors (Lipinski definition) is 2. The van der Waals surface area contributed by atoms with Crippen LogP contribution < -0.4 is 20.1 Å². The van der Waals surface area contributed by atoms with E-state index in [1.54, 1.807) is 20.4 Å². The molecule has 0 spiro atoms. The first-order valence-electron chi connectivity index (χ1n) is 10.4. The van der Waals surface area contributed by atoms with Gasteiger partial charge >= 0.3 is 0 Å². The lowest BCUT2D eigenvalue weighted by molar-refractivity contribution is 0.143. The van der Waals surface area contributed by atoms with E-state index in [9.17, 15) is 0 Å². The van der Waals surface area contributed by atoms with Crippen LogP contribution in [0.1, 0.15) is 29.5 Å². The summed E-state index contributed by atoms with van der Waals surface area (Å²) in [6.45, 7) is 5.18.